The summed E-state index contributed by atoms with van der Waals surface area (Å²) in [7, 11) is 1.54. The van der Waals surface area contributed by atoms with Crippen LogP contribution in [-0.2, 0) is 11.4 Å². The number of nitrogens with zero attached hydrogens (tertiary/aromatic N) is 2. The summed E-state index contributed by atoms with van der Waals surface area (Å²) in [6.07, 6.45) is 1.49. The van der Waals surface area contributed by atoms with E-state index in [4.69, 9.17) is 21.1 Å². The van der Waals surface area contributed by atoms with Crippen LogP contribution in [0, 0.1) is 0 Å². The number of carbonyl (C=O) groups is 2. The Hall–Kier alpha value is -3.88. The molecule has 0 aromatic heterocycles. The third-order valence-corrected chi connectivity index (χ3v) is 6.89. The van der Waals surface area contributed by atoms with Gasteiger partial charge < -0.3 is 9.47 Å². The van der Waals surface area contributed by atoms with Crippen LogP contribution in [0.3, 0.4) is 0 Å². The average Bonchev–Trinajstić information content (AvgIpc) is 3.16. The highest BCUT2D eigenvalue weighted by atomic mass is 79.9. The molecule has 2 amide bonds. The fourth-order valence-electron chi connectivity index (χ4n) is 4.21. The van der Waals surface area contributed by atoms with Crippen molar-refractivity contribution in [2.24, 2.45) is 5.10 Å². The molecule has 1 N–H and O–H groups in total. The van der Waals surface area contributed by atoms with Crippen LogP contribution < -0.4 is 19.8 Å². The maximum Gasteiger partial charge on any atom is 0.260 e. The van der Waals surface area contributed by atoms with E-state index in [9.17, 15) is 9.59 Å². The van der Waals surface area contributed by atoms with Gasteiger partial charge in [0, 0.05) is 21.5 Å². The topological polar surface area (TPSA) is 80.2 Å². The van der Waals surface area contributed by atoms with Crippen molar-refractivity contribution in [3.63, 3.8) is 0 Å². The van der Waals surface area contributed by atoms with Crippen molar-refractivity contribution in [2.45, 2.75) is 6.61 Å². The lowest BCUT2D eigenvalue weighted by Crippen LogP contribution is -2.37. The minimum atomic E-state index is -0.417. The van der Waals surface area contributed by atoms with Gasteiger partial charge in [-0.05, 0) is 57.2 Å². The number of amides is 2. The highest BCUT2D eigenvalue weighted by Crippen LogP contribution is 2.38. The van der Waals surface area contributed by atoms with Crippen LogP contribution >= 0.6 is 27.5 Å². The molecule has 0 radical (unpaired) electrons. The lowest BCUT2D eigenvalue weighted by molar-refractivity contribution is -0.119. The summed E-state index contributed by atoms with van der Waals surface area (Å²) in [5.74, 6) is 0.389. The number of hydrogen-bond donors (Lipinski definition) is 1. The number of anilines is 1. The minimum absolute atomic E-state index is 0.147. The van der Waals surface area contributed by atoms with E-state index in [1.807, 2.05) is 48.5 Å². The molecular formula is C28H21BrClN3O4. The monoisotopic (exact) mass is 577 g/mol. The molecule has 1 aliphatic heterocycles. The second-order valence-electron chi connectivity index (χ2n) is 8.28. The molecule has 1 aliphatic rings. The molecule has 7 nitrogen and oxygen atoms in total. The standard InChI is InChI=1S/C28H21BrClN3O4/c1-36-24-13-17(12-21(29)27(24)37-16-19-6-2-3-10-22(19)30)14-31-32-25(34)15-33-23-11-5-8-18-7-4-9-20(26(18)23)28(33)35/h2-14H,15-16H2,1H3,(H,32,34)/b31-14+. The van der Waals surface area contributed by atoms with Gasteiger partial charge >= 0.3 is 0 Å². The van der Waals surface area contributed by atoms with E-state index in [-0.39, 0.29) is 19.1 Å². The molecule has 0 saturated heterocycles. The number of methoxy groups -OCH3 is 1. The van der Waals surface area contributed by atoms with Gasteiger partial charge in [-0.25, -0.2) is 5.43 Å². The highest BCUT2D eigenvalue weighted by molar-refractivity contribution is 9.10. The molecule has 186 valence electrons. The van der Waals surface area contributed by atoms with Crippen molar-refractivity contribution in [2.75, 3.05) is 18.6 Å². The normalized spacial score (nSPS) is 12.4. The number of hydrazone groups is 1. The zero-order valence-corrected chi connectivity index (χ0v) is 22.0. The Kier molecular flexibility index (Phi) is 7.12. The maximum atomic E-state index is 12.9. The van der Waals surface area contributed by atoms with Gasteiger partial charge in [-0.1, -0.05) is 54.1 Å². The van der Waals surface area contributed by atoms with E-state index in [0.29, 0.717) is 32.1 Å². The predicted octanol–water partition coefficient (Wildman–Crippen LogP) is 5.95. The first-order chi connectivity index (χ1) is 18.0. The van der Waals surface area contributed by atoms with Crippen molar-refractivity contribution in [3.8, 4) is 11.5 Å². The van der Waals surface area contributed by atoms with Gasteiger partial charge in [-0.15, -0.1) is 0 Å². The molecule has 0 bridgehead atoms. The molecule has 1 heterocycles. The van der Waals surface area contributed by atoms with Gasteiger partial charge in [0.15, 0.2) is 11.5 Å². The fraction of sp³-hybridized carbons (Fsp3) is 0.107. The van der Waals surface area contributed by atoms with E-state index in [1.54, 1.807) is 31.4 Å². The number of benzene rings is 4. The van der Waals surface area contributed by atoms with Gasteiger partial charge in [0.05, 0.1) is 23.5 Å². The molecule has 5 rings (SSSR count). The van der Waals surface area contributed by atoms with E-state index in [1.165, 1.54) is 11.1 Å². The van der Waals surface area contributed by atoms with Crippen molar-refractivity contribution in [1.29, 1.82) is 0 Å². The first-order valence-electron chi connectivity index (χ1n) is 11.4. The predicted molar refractivity (Wildman–Crippen MR) is 148 cm³/mol. The molecule has 37 heavy (non-hydrogen) atoms. The summed E-state index contributed by atoms with van der Waals surface area (Å²) in [4.78, 5) is 27.0. The second-order valence-corrected chi connectivity index (χ2v) is 9.54. The molecule has 0 unspecified atom stereocenters. The van der Waals surface area contributed by atoms with Crippen LogP contribution in [0.1, 0.15) is 21.5 Å². The summed E-state index contributed by atoms with van der Waals surface area (Å²) in [5, 5.41) is 6.50. The molecule has 0 fully saturated rings. The third kappa shape index (κ3) is 5.03. The van der Waals surface area contributed by atoms with Crippen LogP contribution in [0.2, 0.25) is 5.02 Å². The van der Waals surface area contributed by atoms with E-state index in [0.717, 1.165) is 22.0 Å². The first kappa shape index (κ1) is 24.8. The molecule has 4 aromatic carbocycles. The lowest BCUT2D eigenvalue weighted by Gasteiger charge is -2.16. The Bertz CT molecular complexity index is 1550. The van der Waals surface area contributed by atoms with Gasteiger partial charge in [0.25, 0.3) is 11.8 Å². The Morgan fingerprint density at radius 2 is 1.89 bits per heavy atom. The van der Waals surface area contributed by atoms with Crippen molar-refractivity contribution < 1.29 is 19.1 Å². The quantitative estimate of drug-likeness (QED) is 0.207. The highest BCUT2D eigenvalue weighted by Gasteiger charge is 2.30. The van der Waals surface area contributed by atoms with E-state index < -0.39 is 5.91 Å². The zero-order valence-electron chi connectivity index (χ0n) is 19.7. The second kappa shape index (κ2) is 10.6. The van der Waals surface area contributed by atoms with Crippen LogP contribution in [-0.4, -0.2) is 31.7 Å². The van der Waals surface area contributed by atoms with Gasteiger partial charge in [-0.3, -0.25) is 14.5 Å². The third-order valence-electron chi connectivity index (χ3n) is 5.94. The summed E-state index contributed by atoms with van der Waals surface area (Å²) < 4.78 is 12.1. The van der Waals surface area contributed by atoms with Crippen molar-refractivity contribution >= 4 is 62.0 Å². The Balaban J connectivity index is 1.25. The minimum Gasteiger partial charge on any atom is -0.493 e. The van der Waals surface area contributed by atoms with Crippen LogP contribution in [0.15, 0.2) is 82.4 Å². The summed E-state index contributed by atoms with van der Waals surface area (Å²) >= 11 is 9.73. The fourth-order valence-corrected chi connectivity index (χ4v) is 4.98. The van der Waals surface area contributed by atoms with Crippen LogP contribution in [0.5, 0.6) is 11.5 Å². The van der Waals surface area contributed by atoms with Crippen LogP contribution in [0.25, 0.3) is 10.8 Å². The smallest absolute Gasteiger partial charge is 0.260 e. The first-order valence-corrected chi connectivity index (χ1v) is 12.5. The molecular weight excluding hydrogens is 558 g/mol. The summed E-state index contributed by atoms with van der Waals surface area (Å²) in [6, 6.07) is 22.2. The molecule has 0 saturated carbocycles. The number of ether oxygens (including phenoxy) is 2. The zero-order chi connectivity index (χ0) is 25.9. The van der Waals surface area contributed by atoms with Gasteiger partial charge in [0.1, 0.15) is 13.2 Å². The number of hydrogen-bond acceptors (Lipinski definition) is 5. The number of carbonyl (C=O) groups excluding carboxylic acids is 2. The van der Waals surface area contributed by atoms with Crippen molar-refractivity contribution in [1.82, 2.24) is 5.43 Å². The van der Waals surface area contributed by atoms with Gasteiger partial charge in [0.2, 0.25) is 0 Å². The van der Waals surface area contributed by atoms with Crippen molar-refractivity contribution in [3.05, 3.63) is 99.0 Å². The largest absolute Gasteiger partial charge is 0.493 e. The molecule has 4 aromatic rings. The maximum absolute atomic E-state index is 12.9. The number of rotatable bonds is 8. The number of nitrogens with one attached hydrogen (secondary N) is 1. The van der Waals surface area contributed by atoms with E-state index in [2.05, 4.69) is 26.5 Å². The molecule has 0 spiro atoms. The lowest BCUT2D eigenvalue weighted by atomic mass is 10.1. The Morgan fingerprint density at radius 1 is 1.11 bits per heavy atom. The molecule has 0 atom stereocenters. The molecule has 0 aliphatic carbocycles. The number of halogens is 2. The van der Waals surface area contributed by atoms with Crippen LogP contribution in [0.4, 0.5) is 5.69 Å². The Labute approximate surface area is 226 Å². The van der Waals surface area contributed by atoms with E-state index >= 15 is 0 Å². The summed E-state index contributed by atoms with van der Waals surface area (Å²) in [5.41, 5.74) is 5.33. The van der Waals surface area contributed by atoms with Gasteiger partial charge in [-0.2, -0.15) is 5.10 Å². The summed E-state index contributed by atoms with van der Waals surface area (Å²) in [6.45, 7) is 0.122. The SMILES string of the molecule is COc1cc(/C=N/NC(=O)CN2C(=O)c3cccc4cccc2c34)cc(Br)c1OCc1ccccc1Cl. The average molecular weight is 579 g/mol. The molecule has 9 heteroatoms. The Morgan fingerprint density at radius 3 is 2.68 bits per heavy atom.